The summed E-state index contributed by atoms with van der Waals surface area (Å²) in [6.45, 7) is 13.1. The number of rotatable bonds is 13. The second kappa shape index (κ2) is 16.1. The average Bonchev–Trinajstić information content (AvgIpc) is 3.50. The van der Waals surface area contributed by atoms with Crippen molar-refractivity contribution in [3.05, 3.63) is 76.6 Å². The van der Waals surface area contributed by atoms with Gasteiger partial charge in [-0.3, -0.25) is 14.4 Å². The maximum Gasteiger partial charge on any atom is 0.274 e. The molecule has 0 spiro atoms. The van der Waals surface area contributed by atoms with Gasteiger partial charge in [-0.05, 0) is 118 Å². The molecule has 2 saturated carbocycles. The topological polar surface area (TPSA) is 96.8 Å². The van der Waals surface area contributed by atoms with Crippen molar-refractivity contribution in [2.24, 2.45) is 17.8 Å². The number of aromatic nitrogens is 2. The zero-order chi connectivity index (χ0) is 36.1. The van der Waals surface area contributed by atoms with E-state index in [9.17, 15) is 14.4 Å². The third-order valence-electron chi connectivity index (χ3n) is 11.2. The van der Waals surface area contributed by atoms with Gasteiger partial charge >= 0.3 is 0 Å². The van der Waals surface area contributed by atoms with Crippen LogP contribution in [0.2, 0.25) is 0 Å². The smallest absolute Gasteiger partial charge is 0.274 e. The summed E-state index contributed by atoms with van der Waals surface area (Å²) >= 11 is 0. The standard InChI is InChI=1S/C42H57N5O4/c1-6-8-17-45(18-9-7-2)41(50)37-22-30(4)47(44-37)38-15-14-35(24-36(38)40(49)46-19-16-33-12-10-11-13-34(33)27-46)43-39(48)28-51-42(5)25-31-20-29(3)21-32(23-31)26-42/h10-15,22,24,29,31-32H,6-9,16-21,23,25-28H2,1-5H3,(H,43,48). The molecule has 3 aliphatic rings. The van der Waals surface area contributed by atoms with Crippen LogP contribution in [0, 0.1) is 24.7 Å². The summed E-state index contributed by atoms with van der Waals surface area (Å²) in [4.78, 5) is 45.2. The summed E-state index contributed by atoms with van der Waals surface area (Å²) in [7, 11) is 0. The summed E-state index contributed by atoms with van der Waals surface area (Å²) in [5.74, 6) is 1.64. The molecule has 0 saturated heterocycles. The highest BCUT2D eigenvalue weighted by molar-refractivity contribution is 6.01. The van der Waals surface area contributed by atoms with Crippen LogP contribution in [0.25, 0.3) is 5.69 Å². The number of nitrogens with zero attached hydrogens (tertiary/aromatic N) is 4. The highest BCUT2D eigenvalue weighted by atomic mass is 16.5. The number of benzene rings is 2. The van der Waals surface area contributed by atoms with Crippen LogP contribution in [0.1, 0.15) is 123 Å². The number of nitrogens with one attached hydrogen (secondary N) is 1. The van der Waals surface area contributed by atoms with Crippen LogP contribution in [0.15, 0.2) is 48.5 Å². The molecular formula is C42H57N5O4. The van der Waals surface area contributed by atoms with Gasteiger partial charge < -0.3 is 19.9 Å². The molecule has 1 aromatic heterocycles. The summed E-state index contributed by atoms with van der Waals surface area (Å²) in [5.41, 5.74) is 4.76. The van der Waals surface area contributed by atoms with E-state index in [0.29, 0.717) is 60.6 Å². The van der Waals surface area contributed by atoms with Gasteiger partial charge in [0.25, 0.3) is 11.8 Å². The van der Waals surface area contributed by atoms with E-state index < -0.39 is 0 Å². The van der Waals surface area contributed by atoms with E-state index in [0.717, 1.165) is 62.1 Å². The maximum atomic E-state index is 14.4. The third-order valence-corrected chi connectivity index (χ3v) is 11.2. The fourth-order valence-corrected chi connectivity index (χ4v) is 8.90. The number of anilines is 1. The van der Waals surface area contributed by atoms with Gasteiger partial charge in [-0.1, -0.05) is 57.9 Å². The first kappa shape index (κ1) is 36.8. The molecule has 1 N–H and O–H groups in total. The molecule has 274 valence electrons. The van der Waals surface area contributed by atoms with Crippen LogP contribution in [0.3, 0.4) is 0 Å². The van der Waals surface area contributed by atoms with Crippen molar-refractivity contribution in [1.29, 1.82) is 0 Å². The molecule has 3 aromatic rings. The van der Waals surface area contributed by atoms with Gasteiger partial charge in [0.05, 0.1) is 16.9 Å². The Bertz CT molecular complexity index is 1690. The first-order valence-corrected chi connectivity index (χ1v) is 19.4. The predicted octanol–water partition coefficient (Wildman–Crippen LogP) is 7.98. The van der Waals surface area contributed by atoms with E-state index in [1.54, 1.807) is 16.8 Å². The van der Waals surface area contributed by atoms with Gasteiger partial charge in [0.1, 0.15) is 6.61 Å². The predicted molar refractivity (Wildman–Crippen MR) is 201 cm³/mol. The Hall–Kier alpha value is -3.98. The van der Waals surface area contributed by atoms with Crippen LogP contribution in [0.5, 0.6) is 0 Å². The second-order valence-corrected chi connectivity index (χ2v) is 15.8. The van der Waals surface area contributed by atoms with E-state index in [1.807, 2.05) is 41.0 Å². The molecule has 9 nitrogen and oxygen atoms in total. The normalized spacial score (nSPS) is 22.7. The number of carbonyl (C=O) groups excluding carboxylic acids is 3. The molecule has 2 bridgehead atoms. The fourth-order valence-electron chi connectivity index (χ4n) is 8.90. The number of unbranched alkanes of at least 4 members (excludes halogenated alkanes) is 2. The summed E-state index contributed by atoms with van der Waals surface area (Å²) < 4.78 is 8.05. The van der Waals surface area contributed by atoms with Crippen molar-refractivity contribution in [1.82, 2.24) is 19.6 Å². The molecule has 51 heavy (non-hydrogen) atoms. The molecule has 2 heterocycles. The molecule has 1 aliphatic heterocycles. The number of carbonyl (C=O) groups is 3. The minimum atomic E-state index is -0.296. The minimum Gasteiger partial charge on any atom is -0.365 e. The van der Waals surface area contributed by atoms with Crippen LogP contribution in [-0.2, 0) is 22.5 Å². The number of hydrogen-bond donors (Lipinski definition) is 1. The zero-order valence-electron chi connectivity index (χ0n) is 31.4. The number of fused-ring (bicyclic) bond motifs is 3. The molecule has 6 rings (SSSR count). The van der Waals surface area contributed by atoms with E-state index in [2.05, 4.69) is 45.1 Å². The molecule has 2 unspecified atom stereocenters. The van der Waals surface area contributed by atoms with Crippen molar-refractivity contribution in [3.63, 3.8) is 0 Å². The Balaban J connectivity index is 1.24. The molecule has 2 atom stereocenters. The number of ether oxygens (including phenoxy) is 1. The SMILES string of the molecule is CCCCN(CCCC)C(=O)c1cc(C)n(-c2ccc(NC(=O)COC3(C)CC4CC(C)CC(C4)C3)cc2C(=O)N2CCc3ccccc3C2)n1. The lowest BCUT2D eigenvalue weighted by Gasteiger charge is -2.46. The average molecular weight is 696 g/mol. The Kier molecular flexibility index (Phi) is 11.6. The van der Waals surface area contributed by atoms with Gasteiger partial charge in [0.15, 0.2) is 5.69 Å². The highest BCUT2D eigenvalue weighted by Crippen LogP contribution is 2.47. The quantitative estimate of drug-likeness (QED) is 0.196. The van der Waals surface area contributed by atoms with Gasteiger partial charge in [0, 0.05) is 37.6 Å². The third kappa shape index (κ3) is 8.74. The lowest BCUT2D eigenvalue weighted by Crippen LogP contribution is -2.43. The zero-order valence-corrected chi connectivity index (χ0v) is 31.4. The van der Waals surface area contributed by atoms with Crippen molar-refractivity contribution in [3.8, 4) is 5.69 Å². The molecule has 9 heteroatoms. The molecule has 2 fully saturated rings. The largest absolute Gasteiger partial charge is 0.365 e. The monoisotopic (exact) mass is 695 g/mol. The number of aryl methyl sites for hydroxylation is 1. The second-order valence-electron chi connectivity index (χ2n) is 15.8. The number of hydrogen-bond acceptors (Lipinski definition) is 5. The van der Waals surface area contributed by atoms with Gasteiger partial charge in [0.2, 0.25) is 5.91 Å². The van der Waals surface area contributed by atoms with Crippen molar-refractivity contribution >= 4 is 23.4 Å². The Morgan fingerprint density at radius 1 is 0.961 bits per heavy atom. The highest BCUT2D eigenvalue weighted by Gasteiger charge is 2.42. The molecule has 2 aromatic carbocycles. The van der Waals surface area contributed by atoms with Crippen LogP contribution in [-0.4, -0.2) is 69.1 Å². The first-order valence-electron chi connectivity index (χ1n) is 19.4. The Morgan fingerprint density at radius 3 is 2.33 bits per heavy atom. The molecular weight excluding hydrogens is 638 g/mol. The maximum absolute atomic E-state index is 14.4. The van der Waals surface area contributed by atoms with E-state index in [4.69, 9.17) is 9.84 Å². The molecule has 0 radical (unpaired) electrons. The minimum absolute atomic E-state index is 0.0320. The van der Waals surface area contributed by atoms with Gasteiger partial charge in [-0.25, -0.2) is 4.68 Å². The fraction of sp³-hybridized carbons (Fsp3) is 0.571. The Labute approximate surface area is 304 Å². The Morgan fingerprint density at radius 2 is 1.65 bits per heavy atom. The van der Waals surface area contributed by atoms with Crippen LogP contribution in [0.4, 0.5) is 5.69 Å². The lowest BCUT2D eigenvalue weighted by atomic mass is 9.64. The lowest BCUT2D eigenvalue weighted by molar-refractivity contribution is -0.136. The summed E-state index contributed by atoms with van der Waals surface area (Å²) in [5, 5.41) is 7.81. The molecule has 2 aliphatic carbocycles. The number of amides is 3. The van der Waals surface area contributed by atoms with Crippen LogP contribution >= 0.6 is 0 Å². The van der Waals surface area contributed by atoms with E-state index in [-0.39, 0.29) is 29.9 Å². The van der Waals surface area contributed by atoms with Crippen LogP contribution < -0.4 is 5.32 Å². The van der Waals surface area contributed by atoms with Crippen molar-refractivity contribution < 1.29 is 19.1 Å². The van der Waals surface area contributed by atoms with E-state index in [1.165, 1.54) is 24.8 Å². The van der Waals surface area contributed by atoms with Gasteiger partial charge in [-0.2, -0.15) is 5.10 Å². The van der Waals surface area contributed by atoms with Crippen molar-refractivity contribution in [2.45, 2.75) is 111 Å². The molecule has 3 amide bonds. The van der Waals surface area contributed by atoms with Gasteiger partial charge in [-0.15, -0.1) is 0 Å². The van der Waals surface area contributed by atoms with Crippen molar-refractivity contribution in [2.75, 3.05) is 31.6 Å². The first-order chi connectivity index (χ1) is 24.6. The summed E-state index contributed by atoms with van der Waals surface area (Å²) in [6.07, 6.45) is 10.4. The van der Waals surface area contributed by atoms with E-state index >= 15 is 0 Å². The summed E-state index contributed by atoms with van der Waals surface area (Å²) in [6, 6.07) is 15.4.